The van der Waals surface area contributed by atoms with E-state index in [0.29, 0.717) is 19.0 Å². The Morgan fingerprint density at radius 1 is 1.35 bits per heavy atom. The van der Waals surface area contributed by atoms with Crippen molar-refractivity contribution in [2.24, 2.45) is 5.92 Å². The van der Waals surface area contributed by atoms with Gasteiger partial charge in [-0.3, -0.25) is 9.59 Å². The number of rotatable bonds is 3. The van der Waals surface area contributed by atoms with E-state index < -0.39 is 29.7 Å². The van der Waals surface area contributed by atoms with Crippen molar-refractivity contribution in [1.82, 2.24) is 15.5 Å². The Hall–Kier alpha value is -2.31. The van der Waals surface area contributed by atoms with Gasteiger partial charge in [0.1, 0.15) is 17.7 Å². The first kappa shape index (κ1) is 18.5. The van der Waals surface area contributed by atoms with Crippen molar-refractivity contribution < 1.29 is 19.1 Å². The number of carbonyl (C=O) groups excluding carboxylic acids is 3. The minimum Gasteiger partial charge on any atom is -0.444 e. The lowest BCUT2D eigenvalue weighted by atomic mass is 9.84. The first-order valence-corrected chi connectivity index (χ1v) is 9.13. The molecule has 7 heteroatoms. The fourth-order valence-corrected chi connectivity index (χ4v) is 3.65. The van der Waals surface area contributed by atoms with Crippen molar-refractivity contribution in [3.63, 3.8) is 0 Å². The highest BCUT2D eigenvalue weighted by molar-refractivity contribution is 5.94. The molecule has 3 aliphatic rings. The van der Waals surface area contributed by atoms with E-state index in [9.17, 15) is 14.4 Å². The molecular formula is C19H27N3O4. The number of alkyl carbamates (subject to hydrolysis) is 1. The monoisotopic (exact) mass is 361 g/mol. The summed E-state index contributed by atoms with van der Waals surface area (Å²) in [5.74, 6) is -0.0921. The molecule has 2 N–H and O–H groups in total. The van der Waals surface area contributed by atoms with Gasteiger partial charge in [-0.15, -0.1) is 0 Å². The summed E-state index contributed by atoms with van der Waals surface area (Å²) in [7, 11) is 0. The summed E-state index contributed by atoms with van der Waals surface area (Å²) < 4.78 is 5.17. The molecule has 3 bridgehead atoms. The third-order valence-electron chi connectivity index (χ3n) is 4.89. The Morgan fingerprint density at radius 3 is 2.77 bits per heavy atom. The maximum Gasteiger partial charge on any atom is 0.408 e. The van der Waals surface area contributed by atoms with Gasteiger partial charge in [-0.2, -0.15) is 0 Å². The lowest BCUT2D eigenvalue weighted by molar-refractivity contribution is -0.135. The topological polar surface area (TPSA) is 87.7 Å². The van der Waals surface area contributed by atoms with E-state index >= 15 is 0 Å². The number of ether oxygens (including phenoxy) is 1. The number of carbonyl (C=O) groups is 3. The van der Waals surface area contributed by atoms with Crippen molar-refractivity contribution in [3.05, 3.63) is 23.3 Å². The van der Waals surface area contributed by atoms with Gasteiger partial charge in [-0.25, -0.2) is 4.79 Å². The normalized spacial score (nSPS) is 25.7. The van der Waals surface area contributed by atoms with Crippen LogP contribution in [-0.2, 0) is 14.3 Å². The van der Waals surface area contributed by atoms with E-state index in [1.54, 1.807) is 27.7 Å². The van der Waals surface area contributed by atoms with Gasteiger partial charge in [0.2, 0.25) is 11.8 Å². The van der Waals surface area contributed by atoms with Gasteiger partial charge < -0.3 is 20.3 Å². The average Bonchev–Trinajstić information content (AvgIpc) is 2.76. The molecule has 1 saturated heterocycles. The quantitative estimate of drug-likeness (QED) is 0.797. The summed E-state index contributed by atoms with van der Waals surface area (Å²) in [4.78, 5) is 39.1. The van der Waals surface area contributed by atoms with Crippen molar-refractivity contribution >= 4 is 17.9 Å². The van der Waals surface area contributed by atoms with Crippen LogP contribution < -0.4 is 10.6 Å². The molecule has 0 spiro atoms. The summed E-state index contributed by atoms with van der Waals surface area (Å²) in [5, 5.41) is 5.34. The third kappa shape index (κ3) is 3.92. The molecule has 2 unspecified atom stereocenters. The second-order valence-corrected chi connectivity index (χ2v) is 8.23. The van der Waals surface area contributed by atoms with Crippen LogP contribution in [0.15, 0.2) is 23.3 Å². The summed E-state index contributed by atoms with van der Waals surface area (Å²) in [6.07, 6.45) is 5.27. The van der Waals surface area contributed by atoms with Crippen LogP contribution >= 0.6 is 0 Å². The molecule has 1 aliphatic carbocycles. The molecule has 1 fully saturated rings. The molecular weight excluding hydrogens is 334 g/mol. The van der Waals surface area contributed by atoms with Gasteiger partial charge >= 0.3 is 6.09 Å². The van der Waals surface area contributed by atoms with Crippen LogP contribution in [0.4, 0.5) is 4.79 Å². The first-order chi connectivity index (χ1) is 12.1. The van der Waals surface area contributed by atoms with E-state index in [1.807, 2.05) is 11.0 Å². The Kier molecular flexibility index (Phi) is 4.82. The zero-order chi connectivity index (χ0) is 19.1. The molecule has 0 radical (unpaired) electrons. The fraction of sp³-hybridized carbons (Fsp3) is 0.632. The van der Waals surface area contributed by atoms with Gasteiger partial charge in [-0.05, 0) is 52.0 Å². The number of hydrogen-bond donors (Lipinski definition) is 2. The maximum atomic E-state index is 12.8. The predicted octanol–water partition coefficient (Wildman–Crippen LogP) is 1.50. The van der Waals surface area contributed by atoms with E-state index in [-0.39, 0.29) is 5.91 Å². The Balaban J connectivity index is 1.69. The lowest BCUT2D eigenvalue weighted by Crippen LogP contribution is -2.55. The maximum absolute atomic E-state index is 12.8. The molecule has 2 heterocycles. The summed E-state index contributed by atoms with van der Waals surface area (Å²) >= 11 is 0. The number of fused-ring (bicyclic) bond motifs is 3. The number of nitrogens with zero attached hydrogens (tertiary/aromatic N) is 1. The lowest BCUT2D eigenvalue weighted by Gasteiger charge is -2.33. The van der Waals surface area contributed by atoms with Gasteiger partial charge in [0.15, 0.2) is 0 Å². The van der Waals surface area contributed by atoms with E-state index in [1.165, 1.54) is 5.57 Å². The van der Waals surface area contributed by atoms with E-state index in [0.717, 1.165) is 18.4 Å². The van der Waals surface area contributed by atoms with Gasteiger partial charge in [0.25, 0.3) is 0 Å². The Labute approximate surface area is 153 Å². The molecule has 2 aliphatic heterocycles. The molecule has 0 saturated carbocycles. The highest BCUT2D eigenvalue weighted by Gasteiger charge is 2.39. The Bertz CT molecular complexity index is 689. The Morgan fingerprint density at radius 2 is 2.08 bits per heavy atom. The van der Waals surface area contributed by atoms with Crippen LogP contribution in [0.2, 0.25) is 0 Å². The predicted molar refractivity (Wildman–Crippen MR) is 96.2 cm³/mol. The SMILES string of the molecule is C[C@H](NC(=O)OC(C)(C)C)C(=O)NC1C(=O)N2CCC3=C1C=CC(C3)C2. The number of nitrogens with one attached hydrogen (secondary N) is 2. The minimum atomic E-state index is -0.804. The van der Waals surface area contributed by atoms with Crippen molar-refractivity contribution in [1.29, 1.82) is 0 Å². The molecule has 3 amide bonds. The van der Waals surface area contributed by atoms with Crippen LogP contribution in [0.3, 0.4) is 0 Å². The van der Waals surface area contributed by atoms with Gasteiger partial charge in [-0.1, -0.05) is 17.7 Å². The molecule has 3 atom stereocenters. The highest BCUT2D eigenvalue weighted by atomic mass is 16.6. The second-order valence-electron chi connectivity index (χ2n) is 8.23. The molecule has 0 aromatic heterocycles. The summed E-state index contributed by atoms with van der Waals surface area (Å²) in [6, 6.07) is -1.48. The van der Waals surface area contributed by atoms with Crippen LogP contribution in [0, 0.1) is 5.92 Å². The average molecular weight is 361 g/mol. The smallest absolute Gasteiger partial charge is 0.408 e. The van der Waals surface area contributed by atoms with Crippen LogP contribution in [0.1, 0.15) is 40.5 Å². The summed E-state index contributed by atoms with van der Waals surface area (Å²) in [6.45, 7) is 8.24. The van der Waals surface area contributed by atoms with E-state index in [4.69, 9.17) is 4.74 Å². The van der Waals surface area contributed by atoms with Crippen LogP contribution in [0.5, 0.6) is 0 Å². The van der Waals surface area contributed by atoms with Gasteiger partial charge in [0.05, 0.1) is 0 Å². The van der Waals surface area contributed by atoms with Gasteiger partial charge in [0, 0.05) is 13.1 Å². The standard InChI is InChI=1S/C19H27N3O4/c1-11(20-18(25)26-19(2,3)4)16(23)21-15-14-6-5-12-9-13(14)7-8-22(10-12)17(15)24/h5-6,11-12,15H,7-10H2,1-4H3,(H,20,25)(H,21,23)/t11-,12?,15?/m0/s1. The fourth-order valence-electron chi connectivity index (χ4n) is 3.65. The molecule has 142 valence electrons. The second kappa shape index (κ2) is 6.78. The number of amides is 3. The van der Waals surface area contributed by atoms with E-state index in [2.05, 4.69) is 16.7 Å². The number of hydrogen-bond acceptors (Lipinski definition) is 4. The summed E-state index contributed by atoms with van der Waals surface area (Å²) in [5.41, 5.74) is 1.52. The van der Waals surface area contributed by atoms with Crippen molar-refractivity contribution in [2.45, 2.75) is 58.2 Å². The molecule has 7 nitrogen and oxygen atoms in total. The molecule has 26 heavy (non-hydrogen) atoms. The zero-order valence-electron chi connectivity index (χ0n) is 15.8. The molecule has 0 aromatic rings. The molecule has 0 aromatic carbocycles. The largest absolute Gasteiger partial charge is 0.444 e. The molecule has 3 rings (SSSR count). The minimum absolute atomic E-state index is 0.0677. The zero-order valence-corrected chi connectivity index (χ0v) is 15.8. The van der Waals surface area contributed by atoms with Crippen molar-refractivity contribution in [3.8, 4) is 0 Å². The van der Waals surface area contributed by atoms with Crippen LogP contribution in [0.25, 0.3) is 0 Å². The van der Waals surface area contributed by atoms with Crippen LogP contribution in [-0.4, -0.2) is 53.6 Å². The third-order valence-corrected chi connectivity index (χ3v) is 4.89. The first-order valence-electron chi connectivity index (χ1n) is 9.13. The highest BCUT2D eigenvalue weighted by Crippen LogP contribution is 2.35. The van der Waals surface area contributed by atoms with Crippen molar-refractivity contribution in [2.75, 3.05) is 13.1 Å².